The Kier molecular flexibility index (Phi) is 7.42. The molecule has 0 aliphatic carbocycles. The largest absolute Gasteiger partial charge is 0.496 e. The van der Waals surface area contributed by atoms with E-state index in [2.05, 4.69) is 20.9 Å². The molecule has 1 amide bonds. The zero-order valence-corrected chi connectivity index (χ0v) is 14.9. The minimum Gasteiger partial charge on any atom is -0.496 e. The molecule has 0 heterocycles. The number of ether oxygens (including phenoxy) is 1. The lowest BCUT2D eigenvalue weighted by molar-refractivity contribution is -0.115. The second-order valence-corrected chi connectivity index (χ2v) is 5.47. The van der Waals surface area contributed by atoms with Crippen molar-refractivity contribution in [1.29, 1.82) is 0 Å². The van der Waals surface area contributed by atoms with Crippen LogP contribution < -0.4 is 20.7 Å². The number of hydrogen-bond donors (Lipinski definition) is 3. The van der Waals surface area contributed by atoms with Crippen LogP contribution in [-0.4, -0.2) is 39.1 Å². The van der Waals surface area contributed by atoms with Gasteiger partial charge < -0.3 is 20.7 Å². The standard InChI is InChI=1S/C19H23FN4O2/c1-21-19(22-11-10-14-6-3-4-9-17(14)26-2)23-13-18(25)24-16-8-5-7-15(20)12-16/h3-9,12H,10-11,13H2,1-2H3,(H,24,25)(H2,21,22,23). The van der Waals surface area contributed by atoms with Crippen LogP contribution in [0.2, 0.25) is 0 Å². The molecule has 0 aliphatic heterocycles. The molecule has 6 nitrogen and oxygen atoms in total. The Labute approximate surface area is 152 Å². The fourth-order valence-corrected chi connectivity index (χ4v) is 2.38. The molecule has 3 N–H and O–H groups in total. The van der Waals surface area contributed by atoms with Crippen LogP contribution in [0.25, 0.3) is 0 Å². The molecule has 0 radical (unpaired) electrons. The molecule has 0 saturated heterocycles. The van der Waals surface area contributed by atoms with Crippen LogP contribution in [0.15, 0.2) is 53.5 Å². The number of anilines is 1. The number of carbonyl (C=O) groups is 1. The van der Waals surface area contributed by atoms with Crippen LogP contribution >= 0.6 is 0 Å². The molecule has 0 atom stereocenters. The SMILES string of the molecule is CN=C(NCCc1ccccc1OC)NCC(=O)Nc1cccc(F)c1. The predicted molar refractivity (Wildman–Crippen MR) is 101 cm³/mol. The molecule has 26 heavy (non-hydrogen) atoms. The molecular weight excluding hydrogens is 335 g/mol. The zero-order chi connectivity index (χ0) is 18.8. The summed E-state index contributed by atoms with van der Waals surface area (Å²) in [5.74, 6) is 0.661. The molecular formula is C19H23FN4O2. The molecule has 0 unspecified atom stereocenters. The van der Waals surface area contributed by atoms with Crippen molar-refractivity contribution in [2.24, 2.45) is 4.99 Å². The van der Waals surface area contributed by atoms with Gasteiger partial charge in [-0.25, -0.2) is 4.39 Å². The van der Waals surface area contributed by atoms with E-state index in [1.807, 2.05) is 24.3 Å². The fourth-order valence-electron chi connectivity index (χ4n) is 2.38. The minimum absolute atomic E-state index is 0.0187. The minimum atomic E-state index is -0.399. The first-order chi connectivity index (χ1) is 12.6. The summed E-state index contributed by atoms with van der Waals surface area (Å²) < 4.78 is 18.4. The van der Waals surface area contributed by atoms with Gasteiger partial charge in [0, 0.05) is 19.3 Å². The van der Waals surface area contributed by atoms with E-state index in [-0.39, 0.29) is 12.5 Å². The summed E-state index contributed by atoms with van der Waals surface area (Å²) in [6.45, 7) is 0.649. The maximum Gasteiger partial charge on any atom is 0.243 e. The number of nitrogens with zero attached hydrogens (tertiary/aromatic N) is 1. The highest BCUT2D eigenvalue weighted by Crippen LogP contribution is 2.17. The lowest BCUT2D eigenvalue weighted by Crippen LogP contribution is -2.42. The molecule has 0 bridgehead atoms. The smallest absolute Gasteiger partial charge is 0.243 e. The van der Waals surface area contributed by atoms with E-state index in [0.717, 1.165) is 17.7 Å². The quantitative estimate of drug-likeness (QED) is 0.524. The van der Waals surface area contributed by atoms with E-state index >= 15 is 0 Å². The van der Waals surface area contributed by atoms with Crippen molar-refractivity contribution in [1.82, 2.24) is 10.6 Å². The van der Waals surface area contributed by atoms with Crippen molar-refractivity contribution < 1.29 is 13.9 Å². The number of hydrogen-bond acceptors (Lipinski definition) is 3. The van der Waals surface area contributed by atoms with Gasteiger partial charge >= 0.3 is 0 Å². The van der Waals surface area contributed by atoms with Crippen LogP contribution in [0.1, 0.15) is 5.56 Å². The topological polar surface area (TPSA) is 74.8 Å². The van der Waals surface area contributed by atoms with Crippen LogP contribution in [-0.2, 0) is 11.2 Å². The third kappa shape index (κ3) is 6.08. The Morgan fingerprint density at radius 1 is 1.15 bits per heavy atom. The number of methoxy groups -OCH3 is 1. The molecule has 0 spiro atoms. The van der Waals surface area contributed by atoms with Gasteiger partial charge in [-0.3, -0.25) is 9.79 Å². The van der Waals surface area contributed by atoms with E-state index in [4.69, 9.17) is 4.74 Å². The monoisotopic (exact) mass is 358 g/mol. The maximum absolute atomic E-state index is 13.1. The second-order valence-electron chi connectivity index (χ2n) is 5.47. The summed E-state index contributed by atoms with van der Waals surface area (Å²) in [5, 5.41) is 8.68. The van der Waals surface area contributed by atoms with Gasteiger partial charge in [0.1, 0.15) is 11.6 Å². The number of para-hydroxylation sites is 1. The van der Waals surface area contributed by atoms with Crippen LogP contribution in [0.3, 0.4) is 0 Å². The van der Waals surface area contributed by atoms with Gasteiger partial charge in [-0.1, -0.05) is 24.3 Å². The van der Waals surface area contributed by atoms with Crippen molar-refractivity contribution in [2.45, 2.75) is 6.42 Å². The summed E-state index contributed by atoms with van der Waals surface area (Å²) >= 11 is 0. The first-order valence-corrected chi connectivity index (χ1v) is 8.24. The van der Waals surface area contributed by atoms with E-state index in [1.54, 1.807) is 20.2 Å². The van der Waals surface area contributed by atoms with Crippen LogP contribution in [0.5, 0.6) is 5.75 Å². The van der Waals surface area contributed by atoms with E-state index in [1.165, 1.54) is 18.2 Å². The molecule has 138 valence electrons. The Morgan fingerprint density at radius 2 is 1.96 bits per heavy atom. The number of carbonyl (C=O) groups excluding carboxylic acids is 1. The summed E-state index contributed by atoms with van der Waals surface area (Å²) in [5.41, 5.74) is 1.50. The third-order valence-corrected chi connectivity index (χ3v) is 3.63. The molecule has 0 saturated carbocycles. The highest BCUT2D eigenvalue weighted by Gasteiger charge is 2.06. The summed E-state index contributed by atoms with van der Waals surface area (Å²) in [7, 11) is 3.27. The van der Waals surface area contributed by atoms with Crippen molar-refractivity contribution in [2.75, 3.05) is 32.6 Å². The second kappa shape index (κ2) is 10.0. The Hall–Kier alpha value is -3.09. The molecule has 0 aliphatic rings. The van der Waals surface area contributed by atoms with Gasteiger partial charge in [-0.05, 0) is 36.2 Å². The molecule has 0 fully saturated rings. The van der Waals surface area contributed by atoms with Crippen LogP contribution in [0, 0.1) is 5.82 Å². The number of amides is 1. The number of nitrogens with one attached hydrogen (secondary N) is 3. The average Bonchev–Trinajstić information content (AvgIpc) is 2.64. The number of halogens is 1. The first kappa shape index (κ1) is 19.2. The average molecular weight is 358 g/mol. The van der Waals surface area contributed by atoms with E-state index in [0.29, 0.717) is 18.2 Å². The van der Waals surface area contributed by atoms with Crippen LogP contribution in [0.4, 0.5) is 10.1 Å². The van der Waals surface area contributed by atoms with Crippen molar-refractivity contribution in [3.8, 4) is 5.75 Å². The van der Waals surface area contributed by atoms with E-state index < -0.39 is 5.82 Å². The van der Waals surface area contributed by atoms with E-state index in [9.17, 15) is 9.18 Å². The van der Waals surface area contributed by atoms with Gasteiger partial charge in [0.2, 0.25) is 5.91 Å². The summed E-state index contributed by atoms with van der Waals surface area (Å²) in [6, 6.07) is 13.6. The van der Waals surface area contributed by atoms with Gasteiger partial charge in [0.05, 0.1) is 13.7 Å². The Morgan fingerprint density at radius 3 is 2.69 bits per heavy atom. The number of aliphatic imine (C=N–C) groups is 1. The Bertz CT molecular complexity index is 765. The summed E-state index contributed by atoms with van der Waals surface area (Å²) in [4.78, 5) is 16.0. The normalized spacial score (nSPS) is 11.0. The van der Waals surface area contributed by atoms with Gasteiger partial charge in [0.15, 0.2) is 5.96 Å². The fraction of sp³-hybridized carbons (Fsp3) is 0.263. The summed E-state index contributed by atoms with van der Waals surface area (Å²) in [6.07, 6.45) is 0.750. The van der Waals surface area contributed by atoms with Crippen molar-refractivity contribution in [3.05, 3.63) is 59.9 Å². The van der Waals surface area contributed by atoms with Crippen molar-refractivity contribution >= 4 is 17.6 Å². The van der Waals surface area contributed by atoms with Gasteiger partial charge in [-0.15, -0.1) is 0 Å². The number of rotatable bonds is 7. The van der Waals surface area contributed by atoms with Gasteiger partial charge in [0.25, 0.3) is 0 Å². The van der Waals surface area contributed by atoms with Crippen molar-refractivity contribution in [3.63, 3.8) is 0 Å². The third-order valence-electron chi connectivity index (χ3n) is 3.63. The van der Waals surface area contributed by atoms with Gasteiger partial charge in [-0.2, -0.15) is 0 Å². The Balaban J connectivity index is 1.76. The highest BCUT2D eigenvalue weighted by atomic mass is 19.1. The maximum atomic E-state index is 13.1. The predicted octanol–water partition coefficient (Wildman–Crippen LogP) is 2.18. The highest BCUT2D eigenvalue weighted by molar-refractivity contribution is 5.94. The number of guanidine groups is 1. The molecule has 2 rings (SSSR count). The first-order valence-electron chi connectivity index (χ1n) is 8.24. The molecule has 7 heteroatoms. The zero-order valence-electron chi connectivity index (χ0n) is 14.9. The lowest BCUT2D eigenvalue weighted by Gasteiger charge is -2.13. The molecule has 2 aromatic rings. The molecule has 2 aromatic carbocycles. The lowest BCUT2D eigenvalue weighted by atomic mass is 10.1. The molecule has 0 aromatic heterocycles. The number of benzene rings is 2.